The van der Waals surface area contributed by atoms with Crippen LogP contribution in [-0.2, 0) is 6.54 Å². The monoisotopic (exact) mass is 373 g/mol. The van der Waals surface area contributed by atoms with Gasteiger partial charge in [0.05, 0.1) is 22.4 Å². The van der Waals surface area contributed by atoms with Crippen molar-refractivity contribution in [2.24, 2.45) is 0 Å². The van der Waals surface area contributed by atoms with Gasteiger partial charge in [-0.2, -0.15) is 9.61 Å². The maximum absolute atomic E-state index is 6.22. The first kappa shape index (κ1) is 17.1. The number of anilines is 1. The van der Waals surface area contributed by atoms with E-state index >= 15 is 0 Å². The van der Waals surface area contributed by atoms with Crippen LogP contribution in [0.5, 0.6) is 0 Å². The van der Waals surface area contributed by atoms with Gasteiger partial charge in [-0.15, -0.1) is 0 Å². The Morgan fingerprint density at radius 1 is 1.11 bits per heavy atom. The Hall–Kier alpha value is -3.06. The molecule has 3 aromatic heterocycles. The second kappa shape index (κ2) is 6.83. The molecule has 0 aliphatic carbocycles. The fourth-order valence-corrected chi connectivity index (χ4v) is 4.15. The van der Waals surface area contributed by atoms with Crippen molar-refractivity contribution >= 4 is 22.5 Å². The summed E-state index contributed by atoms with van der Waals surface area (Å²) in [7, 11) is 0. The summed E-state index contributed by atoms with van der Waals surface area (Å²) >= 11 is 0. The lowest BCUT2D eigenvalue weighted by molar-refractivity contribution is 0.198. The van der Waals surface area contributed by atoms with Gasteiger partial charge >= 0.3 is 0 Å². The lowest BCUT2D eigenvalue weighted by atomic mass is 9.94. The molecule has 0 amide bonds. The highest BCUT2D eigenvalue weighted by Crippen LogP contribution is 2.28. The van der Waals surface area contributed by atoms with Gasteiger partial charge < -0.3 is 5.73 Å². The summed E-state index contributed by atoms with van der Waals surface area (Å²) < 4.78 is 1.72. The normalized spacial score (nSPS) is 18.1. The molecule has 0 radical (unpaired) electrons. The van der Waals surface area contributed by atoms with Crippen LogP contribution in [0.15, 0.2) is 42.7 Å². The number of aryl methyl sites for hydroxylation is 1. The molecule has 0 bridgehead atoms. The van der Waals surface area contributed by atoms with Gasteiger partial charge in [0.1, 0.15) is 5.82 Å². The molecule has 4 aromatic rings. The number of piperidine rings is 1. The molecule has 142 valence electrons. The third-order valence-electron chi connectivity index (χ3n) is 5.46. The Labute approximate surface area is 163 Å². The SMILES string of the molecule is Cc1cc2nc([C@H]3CCCN(Cc4ccc5nccnc5c4)C3)cc(N)n2n1. The zero-order valence-electron chi connectivity index (χ0n) is 15.9. The summed E-state index contributed by atoms with van der Waals surface area (Å²) in [6, 6.07) is 10.3. The van der Waals surface area contributed by atoms with Gasteiger partial charge in [-0.05, 0) is 44.0 Å². The Bertz CT molecular complexity index is 1150. The predicted octanol–water partition coefficient (Wildman–Crippen LogP) is 2.94. The van der Waals surface area contributed by atoms with Crippen LogP contribution in [0.3, 0.4) is 0 Å². The van der Waals surface area contributed by atoms with Gasteiger partial charge in [0.2, 0.25) is 0 Å². The maximum atomic E-state index is 6.22. The number of hydrogen-bond donors (Lipinski definition) is 1. The molecule has 5 rings (SSSR count). The molecule has 28 heavy (non-hydrogen) atoms. The van der Waals surface area contributed by atoms with E-state index in [1.807, 2.05) is 19.1 Å². The molecule has 0 saturated carbocycles. The molecule has 1 fully saturated rings. The number of likely N-dealkylation sites (tertiary alicyclic amines) is 1. The highest BCUT2D eigenvalue weighted by Gasteiger charge is 2.23. The molecule has 1 aromatic carbocycles. The molecule has 7 heteroatoms. The number of nitrogens with two attached hydrogens (primary N) is 1. The summed E-state index contributed by atoms with van der Waals surface area (Å²) in [6.07, 6.45) is 5.76. The van der Waals surface area contributed by atoms with E-state index in [2.05, 4.69) is 38.2 Å². The average Bonchev–Trinajstić information content (AvgIpc) is 3.09. The van der Waals surface area contributed by atoms with Gasteiger partial charge in [-0.1, -0.05) is 6.07 Å². The van der Waals surface area contributed by atoms with Crippen LogP contribution in [0.25, 0.3) is 16.7 Å². The highest BCUT2D eigenvalue weighted by molar-refractivity contribution is 5.74. The fraction of sp³-hybridized carbons (Fsp3) is 0.333. The second-order valence-corrected chi connectivity index (χ2v) is 7.62. The first-order valence-electron chi connectivity index (χ1n) is 9.70. The van der Waals surface area contributed by atoms with Crippen molar-refractivity contribution in [3.63, 3.8) is 0 Å². The van der Waals surface area contributed by atoms with Crippen molar-refractivity contribution in [2.75, 3.05) is 18.8 Å². The molecule has 4 heterocycles. The average molecular weight is 373 g/mol. The van der Waals surface area contributed by atoms with Gasteiger partial charge in [-0.25, -0.2) is 4.98 Å². The lowest BCUT2D eigenvalue weighted by Crippen LogP contribution is -2.34. The number of fused-ring (bicyclic) bond motifs is 2. The standard InChI is InChI=1S/C21H23N7/c1-14-9-21-25-18(11-20(22)28(21)26-14)16-3-2-8-27(13-16)12-15-4-5-17-19(10-15)24-7-6-23-17/h4-7,9-11,16H,2-3,8,12-13,22H2,1H3/t16-/m0/s1. The molecule has 2 N–H and O–H groups in total. The molecule has 0 unspecified atom stereocenters. The van der Waals surface area contributed by atoms with Crippen LogP contribution in [0, 0.1) is 6.92 Å². The second-order valence-electron chi connectivity index (χ2n) is 7.62. The maximum Gasteiger partial charge on any atom is 0.157 e. The van der Waals surface area contributed by atoms with Crippen molar-refractivity contribution < 1.29 is 0 Å². The number of hydrogen-bond acceptors (Lipinski definition) is 6. The molecular formula is C21H23N7. The summed E-state index contributed by atoms with van der Waals surface area (Å²) in [5.74, 6) is 1.04. The Balaban J connectivity index is 1.37. The van der Waals surface area contributed by atoms with Crippen LogP contribution >= 0.6 is 0 Å². The number of rotatable bonds is 3. The van der Waals surface area contributed by atoms with E-state index in [-0.39, 0.29) is 0 Å². The Morgan fingerprint density at radius 3 is 2.86 bits per heavy atom. The number of nitrogens with zero attached hydrogens (tertiary/aromatic N) is 6. The van der Waals surface area contributed by atoms with Crippen molar-refractivity contribution in [3.8, 4) is 0 Å². The first-order valence-corrected chi connectivity index (χ1v) is 9.70. The minimum Gasteiger partial charge on any atom is -0.384 e. The highest BCUT2D eigenvalue weighted by atomic mass is 15.3. The summed E-state index contributed by atoms with van der Waals surface area (Å²) in [6.45, 7) is 4.95. The van der Waals surface area contributed by atoms with Crippen molar-refractivity contribution in [2.45, 2.75) is 32.2 Å². The lowest BCUT2D eigenvalue weighted by Gasteiger charge is -2.32. The van der Waals surface area contributed by atoms with Crippen LogP contribution < -0.4 is 5.73 Å². The minimum absolute atomic E-state index is 0.386. The van der Waals surface area contributed by atoms with E-state index in [4.69, 9.17) is 10.7 Å². The summed E-state index contributed by atoms with van der Waals surface area (Å²) in [5, 5.41) is 4.40. The van der Waals surface area contributed by atoms with E-state index in [1.165, 1.54) is 5.56 Å². The van der Waals surface area contributed by atoms with Crippen LogP contribution in [0.2, 0.25) is 0 Å². The van der Waals surface area contributed by atoms with Crippen LogP contribution in [0.1, 0.15) is 35.7 Å². The predicted molar refractivity (Wildman–Crippen MR) is 109 cm³/mol. The molecule has 0 spiro atoms. The topological polar surface area (TPSA) is 85.2 Å². The van der Waals surface area contributed by atoms with Crippen LogP contribution in [0.4, 0.5) is 5.82 Å². The quantitative estimate of drug-likeness (QED) is 0.594. The largest absolute Gasteiger partial charge is 0.384 e. The third-order valence-corrected chi connectivity index (χ3v) is 5.46. The van der Waals surface area contributed by atoms with Gasteiger partial charge in [-0.3, -0.25) is 14.9 Å². The van der Waals surface area contributed by atoms with E-state index in [0.717, 1.165) is 60.5 Å². The summed E-state index contributed by atoms with van der Waals surface area (Å²) in [4.78, 5) is 16.1. The van der Waals surface area contributed by atoms with Crippen molar-refractivity contribution in [1.29, 1.82) is 0 Å². The third kappa shape index (κ3) is 3.18. The first-order chi connectivity index (χ1) is 13.7. The fourth-order valence-electron chi connectivity index (χ4n) is 4.15. The van der Waals surface area contributed by atoms with Gasteiger partial charge in [0.25, 0.3) is 0 Å². The van der Waals surface area contributed by atoms with E-state index in [1.54, 1.807) is 16.9 Å². The Kier molecular flexibility index (Phi) is 4.16. The van der Waals surface area contributed by atoms with Crippen LogP contribution in [-0.4, -0.2) is 42.6 Å². The number of aromatic nitrogens is 5. The number of benzene rings is 1. The molecule has 1 saturated heterocycles. The van der Waals surface area contributed by atoms with E-state index in [0.29, 0.717) is 11.7 Å². The Morgan fingerprint density at radius 2 is 1.96 bits per heavy atom. The molecule has 7 nitrogen and oxygen atoms in total. The molecular weight excluding hydrogens is 350 g/mol. The van der Waals surface area contributed by atoms with Gasteiger partial charge in [0, 0.05) is 43.5 Å². The smallest absolute Gasteiger partial charge is 0.157 e. The number of nitrogen functional groups attached to an aromatic ring is 1. The molecule has 1 aliphatic rings. The van der Waals surface area contributed by atoms with E-state index < -0.39 is 0 Å². The molecule has 1 aliphatic heterocycles. The minimum atomic E-state index is 0.386. The zero-order chi connectivity index (χ0) is 19.1. The van der Waals surface area contributed by atoms with E-state index in [9.17, 15) is 0 Å². The van der Waals surface area contributed by atoms with Crippen molar-refractivity contribution in [3.05, 3.63) is 59.7 Å². The van der Waals surface area contributed by atoms with Gasteiger partial charge in [0.15, 0.2) is 5.65 Å². The zero-order valence-corrected chi connectivity index (χ0v) is 15.9. The summed E-state index contributed by atoms with van der Waals surface area (Å²) in [5.41, 5.74) is 12.2. The van der Waals surface area contributed by atoms with Crippen molar-refractivity contribution in [1.82, 2.24) is 29.5 Å². The molecule has 1 atom stereocenters.